The first-order valence-electron chi connectivity index (χ1n) is 7.41. The summed E-state index contributed by atoms with van der Waals surface area (Å²) in [6.45, 7) is 3.20. The maximum Gasteiger partial charge on any atom is 0.143 e. The summed E-state index contributed by atoms with van der Waals surface area (Å²) in [4.78, 5) is 0. The Balaban J connectivity index is 1.70. The molecule has 0 saturated heterocycles. The van der Waals surface area contributed by atoms with E-state index in [2.05, 4.69) is 39.9 Å². The second-order valence-corrected chi connectivity index (χ2v) is 5.64. The van der Waals surface area contributed by atoms with E-state index in [4.69, 9.17) is 0 Å². The highest BCUT2D eigenvalue weighted by Crippen LogP contribution is 2.25. The summed E-state index contributed by atoms with van der Waals surface area (Å²) in [6, 6.07) is 6.27. The third kappa shape index (κ3) is 2.98. The smallest absolute Gasteiger partial charge is 0.143 e. The van der Waals surface area contributed by atoms with Crippen LogP contribution >= 0.6 is 0 Å². The summed E-state index contributed by atoms with van der Waals surface area (Å²) in [5, 5.41) is 14.9. The predicted octanol–water partition coefficient (Wildman–Crippen LogP) is 2.96. The molecule has 1 heterocycles. The molecule has 106 valence electrons. The predicted molar refractivity (Wildman–Crippen MR) is 79.0 cm³/mol. The lowest BCUT2D eigenvalue weighted by atomic mass is 9.89. The molecule has 0 bridgehead atoms. The standard InChI is InChI=1S/C15H21N5/c1-12-7-8-14(20-11-17-18-19-20)9-15(12)16-10-13-5-3-2-4-6-13/h7-9,11,13,16H,2-6,10H2,1H3. The first-order valence-corrected chi connectivity index (χ1v) is 7.41. The molecule has 0 radical (unpaired) electrons. The molecule has 2 aromatic rings. The Labute approximate surface area is 119 Å². The summed E-state index contributed by atoms with van der Waals surface area (Å²) in [5.41, 5.74) is 3.44. The molecule has 1 N–H and O–H groups in total. The van der Waals surface area contributed by atoms with E-state index in [-0.39, 0.29) is 0 Å². The Morgan fingerprint density at radius 1 is 1.25 bits per heavy atom. The second-order valence-electron chi connectivity index (χ2n) is 5.64. The summed E-state index contributed by atoms with van der Waals surface area (Å²) in [7, 11) is 0. The summed E-state index contributed by atoms with van der Waals surface area (Å²) in [6.07, 6.45) is 8.52. The first kappa shape index (κ1) is 13.1. The van der Waals surface area contributed by atoms with E-state index < -0.39 is 0 Å². The quantitative estimate of drug-likeness (QED) is 0.929. The fraction of sp³-hybridized carbons (Fsp3) is 0.533. The zero-order valence-electron chi connectivity index (χ0n) is 11.9. The van der Waals surface area contributed by atoms with Crippen molar-refractivity contribution in [1.82, 2.24) is 20.2 Å². The summed E-state index contributed by atoms with van der Waals surface area (Å²) >= 11 is 0. The van der Waals surface area contributed by atoms with Crippen LogP contribution in [0, 0.1) is 12.8 Å². The monoisotopic (exact) mass is 271 g/mol. The van der Waals surface area contributed by atoms with Gasteiger partial charge in [-0.05, 0) is 53.8 Å². The van der Waals surface area contributed by atoms with Crippen LogP contribution in [0.5, 0.6) is 0 Å². The SMILES string of the molecule is Cc1ccc(-n2cnnn2)cc1NCC1CCCCC1. The topological polar surface area (TPSA) is 55.6 Å². The molecule has 1 aliphatic rings. The van der Waals surface area contributed by atoms with Crippen LogP contribution in [-0.4, -0.2) is 26.8 Å². The number of hydrogen-bond acceptors (Lipinski definition) is 4. The first-order chi connectivity index (χ1) is 9.83. The van der Waals surface area contributed by atoms with Crippen LogP contribution in [-0.2, 0) is 0 Å². The molecule has 0 unspecified atom stereocenters. The third-order valence-corrected chi connectivity index (χ3v) is 4.14. The highest BCUT2D eigenvalue weighted by molar-refractivity contribution is 5.56. The molecule has 1 aromatic carbocycles. The number of anilines is 1. The minimum atomic E-state index is 0.819. The Hall–Kier alpha value is -1.91. The molecule has 0 atom stereocenters. The van der Waals surface area contributed by atoms with Gasteiger partial charge in [0.05, 0.1) is 5.69 Å². The van der Waals surface area contributed by atoms with Crippen LogP contribution in [0.15, 0.2) is 24.5 Å². The van der Waals surface area contributed by atoms with Crippen LogP contribution in [0.4, 0.5) is 5.69 Å². The fourth-order valence-electron chi connectivity index (χ4n) is 2.87. The minimum Gasteiger partial charge on any atom is -0.384 e. The lowest BCUT2D eigenvalue weighted by molar-refractivity contribution is 0.373. The molecule has 20 heavy (non-hydrogen) atoms. The van der Waals surface area contributed by atoms with Crippen LogP contribution in [0.1, 0.15) is 37.7 Å². The molecule has 1 saturated carbocycles. The van der Waals surface area contributed by atoms with Crippen LogP contribution in [0.25, 0.3) is 5.69 Å². The van der Waals surface area contributed by atoms with Gasteiger partial charge in [0.1, 0.15) is 6.33 Å². The maximum absolute atomic E-state index is 3.94. The van der Waals surface area contributed by atoms with Crippen molar-refractivity contribution in [2.75, 3.05) is 11.9 Å². The lowest BCUT2D eigenvalue weighted by Crippen LogP contribution is -2.17. The average molecular weight is 271 g/mol. The van der Waals surface area contributed by atoms with Crippen molar-refractivity contribution in [3.05, 3.63) is 30.1 Å². The zero-order chi connectivity index (χ0) is 13.8. The molecule has 1 aliphatic carbocycles. The normalized spacial score (nSPS) is 16.2. The van der Waals surface area contributed by atoms with E-state index in [1.807, 2.05) is 6.07 Å². The van der Waals surface area contributed by atoms with Gasteiger partial charge >= 0.3 is 0 Å². The number of nitrogens with zero attached hydrogens (tertiary/aromatic N) is 4. The molecule has 0 spiro atoms. The molecule has 0 amide bonds. The van der Waals surface area contributed by atoms with Gasteiger partial charge in [-0.15, -0.1) is 5.10 Å². The highest BCUT2D eigenvalue weighted by atomic mass is 15.5. The minimum absolute atomic E-state index is 0.819. The van der Waals surface area contributed by atoms with Crippen molar-refractivity contribution in [2.24, 2.45) is 5.92 Å². The van der Waals surface area contributed by atoms with Gasteiger partial charge in [0, 0.05) is 12.2 Å². The molecule has 3 rings (SSSR count). The van der Waals surface area contributed by atoms with Crippen LogP contribution < -0.4 is 5.32 Å². The zero-order valence-corrected chi connectivity index (χ0v) is 11.9. The van der Waals surface area contributed by atoms with Gasteiger partial charge in [-0.1, -0.05) is 25.3 Å². The number of tetrazole rings is 1. The van der Waals surface area contributed by atoms with Crippen molar-refractivity contribution < 1.29 is 0 Å². The fourth-order valence-corrected chi connectivity index (χ4v) is 2.87. The van der Waals surface area contributed by atoms with Gasteiger partial charge in [-0.25, -0.2) is 4.68 Å². The largest absolute Gasteiger partial charge is 0.384 e. The number of hydrogen-bond donors (Lipinski definition) is 1. The van der Waals surface area contributed by atoms with Gasteiger partial charge in [-0.3, -0.25) is 0 Å². The van der Waals surface area contributed by atoms with Crippen molar-refractivity contribution in [3.63, 3.8) is 0 Å². The van der Waals surface area contributed by atoms with E-state index in [1.54, 1.807) is 11.0 Å². The van der Waals surface area contributed by atoms with Crippen molar-refractivity contribution in [1.29, 1.82) is 0 Å². The number of rotatable bonds is 4. The van der Waals surface area contributed by atoms with Crippen LogP contribution in [0.2, 0.25) is 0 Å². The van der Waals surface area contributed by atoms with Crippen molar-refractivity contribution in [2.45, 2.75) is 39.0 Å². The molecule has 1 fully saturated rings. The van der Waals surface area contributed by atoms with Crippen molar-refractivity contribution in [3.8, 4) is 5.69 Å². The lowest BCUT2D eigenvalue weighted by Gasteiger charge is -2.23. The Morgan fingerprint density at radius 2 is 2.10 bits per heavy atom. The van der Waals surface area contributed by atoms with E-state index >= 15 is 0 Å². The van der Waals surface area contributed by atoms with Gasteiger partial charge in [-0.2, -0.15) is 0 Å². The van der Waals surface area contributed by atoms with E-state index in [9.17, 15) is 0 Å². The van der Waals surface area contributed by atoms with Gasteiger partial charge in [0.15, 0.2) is 0 Å². The number of aryl methyl sites for hydroxylation is 1. The molecule has 5 nitrogen and oxygen atoms in total. The Morgan fingerprint density at radius 3 is 2.85 bits per heavy atom. The van der Waals surface area contributed by atoms with Gasteiger partial charge < -0.3 is 5.32 Å². The molecule has 1 aromatic heterocycles. The van der Waals surface area contributed by atoms with E-state index in [1.165, 1.54) is 43.4 Å². The van der Waals surface area contributed by atoms with Crippen LogP contribution in [0.3, 0.4) is 0 Å². The average Bonchev–Trinajstić information content (AvgIpc) is 3.02. The summed E-state index contributed by atoms with van der Waals surface area (Å²) < 4.78 is 1.69. The maximum atomic E-state index is 3.94. The van der Waals surface area contributed by atoms with Crippen molar-refractivity contribution >= 4 is 5.69 Å². The molecular formula is C15H21N5. The van der Waals surface area contributed by atoms with E-state index in [0.717, 1.165) is 18.2 Å². The number of aromatic nitrogens is 4. The Kier molecular flexibility index (Phi) is 3.95. The third-order valence-electron chi connectivity index (χ3n) is 4.14. The summed E-state index contributed by atoms with van der Waals surface area (Å²) in [5.74, 6) is 0.819. The highest BCUT2D eigenvalue weighted by Gasteiger charge is 2.13. The van der Waals surface area contributed by atoms with E-state index in [0.29, 0.717) is 0 Å². The van der Waals surface area contributed by atoms with Gasteiger partial charge in [0.25, 0.3) is 0 Å². The second kappa shape index (κ2) is 6.03. The molecule has 0 aliphatic heterocycles. The molecular weight excluding hydrogens is 250 g/mol. The molecule has 5 heteroatoms. The number of nitrogens with one attached hydrogen (secondary N) is 1. The Bertz CT molecular complexity index is 543. The van der Waals surface area contributed by atoms with Gasteiger partial charge in [0.2, 0.25) is 0 Å². The number of benzene rings is 1.